The first-order valence-corrected chi connectivity index (χ1v) is 9.80. The molecular formula is C23H20FN5O2. The number of ketones is 1. The maximum atomic E-state index is 13.1. The summed E-state index contributed by atoms with van der Waals surface area (Å²) in [6.45, 7) is 4.21. The minimum atomic E-state index is -0.286. The van der Waals surface area contributed by atoms with Crippen LogP contribution < -0.4 is 10.1 Å². The van der Waals surface area contributed by atoms with Crippen LogP contribution in [0.3, 0.4) is 0 Å². The van der Waals surface area contributed by atoms with Gasteiger partial charge in [0.2, 0.25) is 11.8 Å². The number of benzene rings is 2. The second-order valence-corrected chi connectivity index (χ2v) is 6.83. The Labute approximate surface area is 178 Å². The van der Waals surface area contributed by atoms with E-state index >= 15 is 0 Å². The van der Waals surface area contributed by atoms with Crippen LogP contribution in [0.5, 0.6) is 5.88 Å². The number of halogens is 1. The first kappa shape index (κ1) is 20.3. The lowest BCUT2D eigenvalue weighted by atomic mass is 10.1. The van der Waals surface area contributed by atoms with Crippen molar-refractivity contribution in [2.24, 2.45) is 0 Å². The number of nitrogens with zero attached hydrogens (tertiary/aromatic N) is 4. The Hall–Kier alpha value is -3.94. The van der Waals surface area contributed by atoms with E-state index in [0.29, 0.717) is 47.4 Å². The topological polar surface area (TPSA) is 89.9 Å². The van der Waals surface area contributed by atoms with Crippen molar-refractivity contribution in [2.45, 2.75) is 20.4 Å². The van der Waals surface area contributed by atoms with E-state index < -0.39 is 0 Å². The number of carbonyl (C=O) groups excluding carboxylic acids is 1. The van der Waals surface area contributed by atoms with Gasteiger partial charge >= 0.3 is 0 Å². The molecule has 0 aliphatic carbocycles. The third-order valence-corrected chi connectivity index (χ3v) is 4.61. The average molecular weight is 417 g/mol. The molecule has 4 rings (SSSR count). The van der Waals surface area contributed by atoms with Crippen molar-refractivity contribution in [3.63, 3.8) is 0 Å². The summed E-state index contributed by atoms with van der Waals surface area (Å²) < 4.78 is 18.8. The summed E-state index contributed by atoms with van der Waals surface area (Å²) in [7, 11) is 0. The highest BCUT2D eigenvalue weighted by Gasteiger charge is 2.13. The van der Waals surface area contributed by atoms with Crippen LogP contribution in [0.15, 0.2) is 54.7 Å². The number of Topliss-reactive ketones (excluding diaryl/α,β-unsaturated/α-hetero) is 1. The molecule has 0 unspecified atom stereocenters. The molecule has 0 spiro atoms. The van der Waals surface area contributed by atoms with Crippen LogP contribution in [0, 0.1) is 5.82 Å². The van der Waals surface area contributed by atoms with Crippen LogP contribution in [-0.4, -0.2) is 32.3 Å². The lowest BCUT2D eigenvalue weighted by Gasteiger charge is -2.10. The molecule has 8 heteroatoms. The monoisotopic (exact) mass is 417 g/mol. The zero-order chi connectivity index (χ0) is 21.8. The van der Waals surface area contributed by atoms with E-state index in [9.17, 15) is 9.18 Å². The molecule has 0 atom stereocenters. The Morgan fingerprint density at radius 1 is 1.03 bits per heavy atom. The van der Waals surface area contributed by atoms with Crippen molar-refractivity contribution >= 4 is 22.9 Å². The third kappa shape index (κ3) is 4.63. The molecule has 7 nitrogen and oxygen atoms in total. The van der Waals surface area contributed by atoms with Crippen molar-refractivity contribution in [3.8, 4) is 17.1 Å². The Morgan fingerprint density at radius 3 is 2.45 bits per heavy atom. The molecule has 2 aromatic heterocycles. The van der Waals surface area contributed by atoms with Gasteiger partial charge in [0.1, 0.15) is 5.82 Å². The van der Waals surface area contributed by atoms with E-state index in [0.717, 1.165) is 11.1 Å². The summed E-state index contributed by atoms with van der Waals surface area (Å²) in [5, 5.41) is 3.11. The molecule has 2 heterocycles. The Balaban J connectivity index is 1.65. The third-order valence-electron chi connectivity index (χ3n) is 4.61. The fourth-order valence-corrected chi connectivity index (χ4v) is 3.00. The molecular weight excluding hydrogens is 397 g/mol. The van der Waals surface area contributed by atoms with Gasteiger partial charge in [-0.05, 0) is 31.5 Å². The van der Waals surface area contributed by atoms with Crippen LogP contribution in [-0.2, 0) is 6.54 Å². The van der Waals surface area contributed by atoms with Gasteiger partial charge in [0.05, 0.1) is 18.5 Å². The van der Waals surface area contributed by atoms with Gasteiger partial charge in [-0.15, -0.1) is 0 Å². The number of hydrogen-bond acceptors (Lipinski definition) is 7. The first-order valence-electron chi connectivity index (χ1n) is 9.80. The van der Waals surface area contributed by atoms with Crippen molar-refractivity contribution in [2.75, 3.05) is 11.9 Å². The van der Waals surface area contributed by atoms with Crippen molar-refractivity contribution in [3.05, 3.63) is 71.7 Å². The maximum absolute atomic E-state index is 13.1. The van der Waals surface area contributed by atoms with E-state index in [1.807, 2.05) is 19.1 Å². The number of aromatic nitrogens is 4. The Morgan fingerprint density at radius 2 is 1.77 bits per heavy atom. The maximum Gasteiger partial charge on any atom is 0.247 e. The van der Waals surface area contributed by atoms with E-state index in [1.165, 1.54) is 19.1 Å². The van der Waals surface area contributed by atoms with Crippen molar-refractivity contribution in [1.82, 2.24) is 19.9 Å². The molecule has 2 aromatic carbocycles. The molecule has 0 bridgehead atoms. The van der Waals surface area contributed by atoms with Gasteiger partial charge < -0.3 is 10.1 Å². The molecule has 0 aliphatic heterocycles. The molecule has 0 radical (unpaired) electrons. The summed E-state index contributed by atoms with van der Waals surface area (Å²) in [6, 6.07) is 13.4. The summed E-state index contributed by atoms with van der Waals surface area (Å²) in [5.41, 5.74) is 3.80. The lowest BCUT2D eigenvalue weighted by molar-refractivity contribution is 0.101. The van der Waals surface area contributed by atoms with Gasteiger partial charge in [-0.2, -0.15) is 9.97 Å². The highest BCUT2D eigenvalue weighted by Crippen LogP contribution is 2.25. The van der Waals surface area contributed by atoms with Crippen LogP contribution in [0.1, 0.15) is 29.8 Å². The molecule has 0 fully saturated rings. The van der Waals surface area contributed by atoms with Gasteiger partial charge in [0.15, 0.2) is 16.9 Å². The molecule has 1 N–H and O–H groups in total. The van der Waals surface area contributed by atoms with Gasteiger partial charge in [-0.1, -0.05) is 36.4 Å². The van der Waals surface area contributed by atoms with Gasteiger partial charge in [0, 0.05) is 17.7 Å². The molecule has 0 aliphatic rings. The van der Waals surface area contributed by atoms with Crippen LogP contribution in [0.25, 0.3) is 22.4 Å². The molecule has 156 valence electrons. The van der Waals surface area contributed by atoms with Crippen LogP contribution in [0.2, 0.25) is 0 Å². The zero-order valence-electron chi connectivity index (χ0n) is 17.1. The second-order valence-electron chi connectivity index (χ2n) is 6.83. The van der Waals surface area contributed by atoms with Crippen LogP contribution >= 0.6 is 0 Å². The van der Waals surface area contributed by atoms with E-state index in [-0.39, 0.29) is 11.6 Å². The fraction of sp³-hybridized carbons (Fsp3) is 0.174. The second kappa shape index (κ2) is 8.83. The number of rotatable bonds is 7. The number of carbonyl (C=O) groups is 1. The van der Waals surface area contributed by atoms with Gasteiger partial charge in [-0.25, -0.2) is 14.4 Å². The molecule has 0 saturated carbocycles. The SMILES string of the molecule is CCOc1nc(NCc2ccc(F)cc2)nc2ncc(-c3ccc(C(C)=O)cc3)nc12. The summed E-state index contributed by atoms with van der Waals surface area (Å²) >= 11 is 0. The number of ether oxygens (including phenoxy) is 1. The zero-order valence-corrected chi connectivity index (χ0v) is 17.1. The number of anilines is 1. The van der Waals surface area contributed by atoms with Gasteiger partial charge in [0.25, 0.3) is 0 Å². The van der Waals surface area contributed by atoms with Crippen molar-refractivity contribution < 1.29 is 13.9 Å². The fourth-order valence-electron chi connectivity index (χ4n) is 3.00. The lowest BCUT2D eigenvalue weighted by Crippen LogP contribution is -2.07. The van der Waals surface area contributed by atoms with Crippen molar-refractivity contribution in [1.29, 1.82) is 0 Å². The van der Waals surface area contributed by atoms with E-state index in [4.69, 9.17) is 4.74 Å². The smallest absolute Gasteiger partial charge is 0.247 e. The summed E-state index contributed by atoms with van der Waals surface area (Å²) in [6.07, 6.45) is 1.62. The van der Waals surface area contributed by atoms with Gasteiger partial charge in [-0.3, -0.25) is 4.79 Å². The number of nitrogens with one attached hydrogen (secondary N) is 1. The molecule has 0 amide bonds. The minimum Gasteiger partial charge on any atom is -0.476 e. The standard InChI is InChI=1S/C23H20FN5O2/c1-3-31-22-20-21(28-23(29-22)26-12-15-4-10-18(24)11-5-15)25-13-19(27-20)17-8-6-16(7-9-17)14(2)30/h4-11,13H,3,12H2,1-2H3,(H,25,26,28,29). The average Bonchev–Trinajstić information content (AvgIpc) is 2.79. The quantitative estimate of drug-likeness (QED) is 0.445. The Kier molecular flexibility index (Phi) is 5.79. The first-order chi connectivity index (χ1) is 15.0. The predicted molar refractivity (Wildman–Crippen MR) is 115 cm³/mol. The summed E-state index contributed by atoms with van der Waals surface area (Å²) in [4.78, 5) is 29.4. The number of hydrogen-bond donors (Lipinski definition) is 1. The molecule has 4 aromatic rings. The predicted octanol–water partition coefficient (Wildman–Crippen LogP) is 4.44. The number of fused-ring (bicyclic) bond motifs is 1. The largest absolute Gasteiger partial charge is 0.476 e. The minimum absolute atomic E-state index is 0.00356. The highest BCUT2D eigenvalue weighted by atomic mass is 19.1. The molecule has 0 saturated heterocycles. The molecule has 31 heavy (non-hydrogen) atoms. The van der Waals surface area contributed by atoms with Crippen LogP contribution in [0.4, 0.5) is 10.3 Å². The van der Waals surface area contributed by atoms with E-state index in [2.05, 4.69) is 25.3 Å². The summed E-state index contributed by atoms with van der Waals surface area (Å²) in [5.74, 6) is 0.382. The normalized spacial score (nSPS) is 10.8. The van der Waals surface area contributed by atoms with E-state index in [1.54, 1.807) is 30.5 Å². The highest BCUT2D eigenvalue weighted by molar-refractivity contribution is 5.94. The Bertz CT molecular complexity index is 1230.